The van der Waals surface area contributed by atoms with Crippen LogP contribution >= 0.6 is 23.1 Å². The molecule has 0 saturated heterocycles. The summed E-state index contributed by atoms with van der Waals surface area (Å²) in [5, 5.41) is 14.6. The molecule has 2 rings (SSSR count). The van der Waals surface area contributed by atoms with Gasteiger partial charge in [-0.1, -0.05) is 35.2 Å². The first-order valence-corrected chi connectivity index (χ1v) is 8.60. The van der Waals surface area contributed by atoms with E-state index in [1.165, 1.54) is 29.2 Å². The molecule has 0 unspecified atom stereocenters. The Morgan fingerprint density at radius 3 is 2.95 bits per heavy atom. The first-order valence-electron chi connectivity index (χ1n) is 6.80. The average Bonchev–Trinajstić information content (AvgIpc) is 2.94. The number of carbonyl (C=O) groups excluding carboxylic acids is 1. The predicted molar refractivity (Wildman–Crippen MR) is 87.8 cm³/mol. The highest BCUT2D eigenvalue weighted by molar-refractivity contribution is 8.01. The van der Waals surface area contributed by atoms with Crippen LogP contribution in [0.1, 0.15) is 18.1 Å². The summed E-state index contributed by atoms with van der Waals surface area (Å²) >= 11 is 2.77. The van der Waals surface area contributed by atoms with Crippen LogP contribution in [0.4, 0.5) is 9.52 Å². The number of nitrogens with one attached hydrogen (secondary N) is 2. The van der Waals surface area contributed by atoms with Crippen LogP contribution in [0.3, 0.4) is 0 Å². The Morgan fingerprint density at radius 2 is 2.23 bits per heavy atom. The highest BCUT2D eigenvalue weighted by Gasteiger charge is 2.08. The number of nitrogens with zero attached hydrogens (tertiary/aromatic N) is 2. The number of thioether (sulfide) groups is 1. The van der Waals surface area contributed by atoms with Gasteiger partial charge in [0, 0.05) is 13.1 Å². The zero-order chi connectivity index (χ0) is 15.9. The maximum Gasteiger partial charge on any atom is 0.230 e. The van der Waals surface area contributed by atoms with Crippen LogP contribution < -0.4 is 10.6 Å². The Kier molecular flexibility index (Phi) is 6.14. The predicted octanol–water partition coefficient (Wildman–Crippen LogP) is 2.83. The van der Waals surface area contributed by atoms with Gasteiger partial charge in [-0.05, 0) is 31.0 Å². The second kappa shape index (κ2) is 8.09. The minimum atomic E-state index is -0.238. The third kappa shape index (κ3) is 4.96. The summed E-state index contributed by atoms with van der Waals surface area (Å²) < 4.78 is 13.9. The minimum absolute atomic E-state index is 0.0906. The molecule has 5 nitrogen and oxygen atoms in total. The zero-order valence-electron chi connectivity index (χ0n) is 12.4. The Labute approximate surface area is 136 Å². The van der Waals surface area contributed by atoms with Crippen LogP contribution in [-0.4, -0.2) is 28.4 Å². The van der Waals surface area contributed by atoms with Crippen LogP contribution in [0.15, 0.2) is 22.5 Å². The van der Waals surface area contributed by atoms with E-state index in [1.807, 2.05) is 6.92 Å². The number of anilines is 1. The van der Waals surface area contributed by atoms with Gasteiger partial charge in [0.2, 0.25) is 11.0 Å². The van der Waals surface area contributed by atoms with Gasteiger partial charge in [0.15, 0.2) is 4.34 Å². The van der Waals surface area contributed by atoms with E-state index in [1.54, 1.807) is 19.1 Å². The van der Waals surface area contributed by atoms with Crippen molar-refractivity contribution in [1.82, 2.24) is 15.5 Å². The van der Waals surface area contributed by atoms with Gasteiger partial charge >= 0.3 is 0 Å². The van der Waals surface area contributed by atoms with E-state index in [9.17, 15) is 9.18 Å². The maximum atomic E-state index is 13.2. The third-order valence-electron chi connectivity index (χ3n) is 2.77. The summed E-state index contributed by atoms with van der Waals surface area (Å²) in [7, 11) is 0. The second-order valence-electron chi connectivity index (χ2n) is 4.55. The lowest BCUT2D eigenvalue weighted by molar-refractivity contribution is -0.118. The van der Waals surface area contributed by atoms with Crippen molar-refractivity contribution in [3.8, 4) is 0 Å². The lowest BCUT2D eigenvalue weighted by Gasteiger charge is -2.05. The van der Waals surface area contributed by atoms with Crippen LogP contribution in [-0.2, 0) is 11.3 Å². The van der Waals surface area contributed by atoms with E-state index in [2.05, 4.69) is 20.8 Å². The molecule has 0 saturated carbocycles. The van der Waals surface area contributed by atoms with E-state index in [-0.39, 0.29) is 17.5 Å². The van der Waals surface area contributed by atoms with Gasteiger partial charge in [-0.2, -0.15) is 0 Å². The molecule has 2 N–H and O–H groups in total. The quantitative estimate of drug-likeness (QED) is 0.759. The first kappa shape index (κ1) is 16.7. The van der Waals surface area contributed by atoms with Crippen molar-refractivity contribution in [1.29, 1.82) is 0 Å². The fraction of sp³-hybridized carbons (Fsp3) is 0.357. The van der Waals surface area contributed by atoms with E-state index in [0.29, 0.717) is 12.1 Å². The van der Waals surface area contributed by atoms with Crippen LogP contribution in [0.25, 0.3) is 0 Å². The molecule has 1 heterocycles. The molecule has 0 aliphatic carbocycles. The summed E-state index contributed by atoms with van der Waals surface area (Å²) in [5.74, 6) is -0.0495. The monoisotopic (exact) mass is 340 g/mol. The molecule has 0 radical (unpaired) electrons. The summed E-state index contributed by atoms with van der Waals surface area (Å²) in [6.07, 6.45) is 0. The SMILES string of the molecule is CCNc1nnc(SCC(=O)NCc2ccc(F)c(C)c2)s1. The number of hydrogen-bond acceptors (Lipinski definition) is 6. The average molecular weight is 340 g/mol. The van der Waals surface area contributed by atoms with Crippen molar-refractivity contribution in [2.75, 3.05) is 17.6 Å². The summed E-state index contributed by atoms with van der Waals surface area (Å²) in [6, 6.07) is 4.81. The number of aromatic nitrogens is 2. The number of hydrogen-bond donors (Lipinski definition) is 2. The molecule has 0 atom stereocenters. The molecule has 0 fully saturated rings. The van der Waals surface area contributed by atoms with Gasteiger partial charge in [-0.25, -0.2) is 4.39 Å². The summed E-state index contributed by atoms with van der Waals surface area (Å²) in [4.78, 5) is 11.8. The molecule has 1 amide bonds. The maximum absolute atomic E-state index is 13.2. The fourth-order valence-electron chi connectivity index (χ4n) is 1.69. The molecule has 2 aromatic rings. The van der Waals surface area contributed by atoms with Crippen molar-refractivity contribution >= 4 is 34.1 Å². The second-order valence-corrected chi connectivity index (χ2v) is 6.75. The van der Waals surface area contributed by atoms with E-state index in [4.69, 9.17) is 0 Å². The smallest absolute Gasteiger partial charge is 0.230 e. The lowest BCUT2D eigenvalue weighted by Crippen LogP contribution is -2.24. The molecule has 0 bridgehead atoms. The van der Waals surface area contributed by atoms with Crippen molar-refractivity contribution in [2.24, 2.45) is 0 Å². The van der Waals surface area contributed by atoms with Crippen molar-refractivity contribution in [3.63, 3.8) is 0 Å². The highest BCUT2D eigenvalue weighted by atomic mass is 32.2. The van der Waals surface area contributed by atoms with Crippen LogP contribution in [0, 0.1) is 12.7 Å². The van der Waals surface area contributed by atoms with Gasteiger partial charge in [-0.3, -0.25) is 4.79 Å². The molecule has 8 heteroatoms. The normalized spacial score (nSPS) is 10.5. The zero-order valence-corrected chi connectivity index (χ0v) is 14.0. The molecule has 0 aliphatic rings. The van der Waals surface area contributed by atoms with E-state index in [0.717, 1.165) is 21.6 Å². The topological polar surface area (TPSA) is 66.9 Å². The number of benzene rings is 1. The van der Waals surface area contributed by atoms with E-state index >= 15 is 0 Å². The Bertz CT molecular complexity index is 648. The Morgan fingerprint density at radius 1 is 1.41 bits per heavy atom. The van der Waals surface area contributed by atoms with Crippen LogP contribution in [0.5, 0.6) is 0 Å². The fourth-order valence-corrected chi connectivity index (χ4v) is 3.34. The molecule has 118 valence electrons. The summed E-state index contributed by atoms with van der Waals surface area (Å²) in [5.41, 5.74) is 1.45. The Balaban J connectivity index is 1.76. The van der Waals surface area contributed by atoms with Crippen molar-refractivity contribution in [3.05, 3.63) is 35.1 Å². The summed E-state index contributed by atoms with van der Waals surface area (Å²) in [6.45, 7) is 4.86. The Hall–Kier alpha value is -1.67. The molecule has 1 aromatic heterocycles. The molecule has 22 heavy (non-hydrogen) atoms. The highest BCUT2D eigenvalue weighted by Crippen LogP contribution is 2.24. The molecular formula is C14H17FN4OS2. The van der Waals surface area contributed by atoms with Gasteiger partial charge in [0.1, 0.15) is 5.82 Å². The number of halogens is 1. The first-order chi connectivity index (χ1) is 10.6. The molecular weight excluding hydrogens is 323 g/mol. The standard InChI is InChI=1S/C14H17FN4OS2/c1-3-16-13-18-19-14(22-13)21-8-12(20)17-7-10-4-5-11(15)9(2)6-10/h4-6H,3,7-8H2,1-2H3,(H,16,18)(H,17,20). The van der Waals surface area contributed by atoms with Gasteiger partial charge < -0.3 is 10.6 Å². The molecule has 0 spiro atoms. The van der Waals surface area contributed by atoms with Gasteiger partial charge in [-0.15, -0.1) is 10.2 Å². The number of aryl methyl sites for hydroxylation is 1. The van der Waals surface area contributed by atoms with Crippen molar-refractivity contribution < 1.29 is 9.18 Å². The van der Waals surface area contributed by atoms with E-state index < -0.39 is 0 Å². The minimum Gasteiger partial charge on any atom is -0.360 e. The molecule has 0 aliphatic heterocycles. The lowest BCUT2D eigenvalue weighted by atomic mass is 10.1. The van der Waals surface area contributed by atoms with Gasteiger partial charge in [0.25, 0.3) is 0 Å². The number of rotatable bonds is 7. The largest absolute Gasteiger partial charge is 0.360 e. The van der Waals surface area contributed by atoms with Crippen LogP contribution in [0.2, 0.25) is 0 Å². The third-order valence-corrected chi connectivity index (χ3v) is 4.79. The molecule has 1 aromatic carbocycles. The van der Waals surface area contributed by atoms with Gasteiger partial charge in [0.05, 0.1) is 5.75 Å². The number of amides is 1. The van der Waals surface area contributed by atoms with Crippen molar-refractivity contribution in [2.45, 2.75) is 24.7 Å². The number of carbonyl (C=O) groups is 1.